The van der Waals surface area contributed by atoms with Crippen molar-refractivity contribution in [3.8, 4) is 5.88 Å². The number of fused-ring (bicyclic) bond motifs is 1. The van der Waals surface area contributed by atoms with Crippen molar-refractivity contribution in [2.45, 2.75) is 0 Å². The molecule has 1 aromatic carbocycles. The van der Waals surface area contributed by atoms with E-state index in [0.29, 0.717) is 10.9 Å². The first-order valence-electron chi connectivity index (χ1n) is 4.10. The van der Waals surface area contributed by atoms with Crippen molar-refractivity contribution in [1.82, 2.24) is 4.98 Å². The fourth-order valence-electron chi connectivity index (χ4n) is 1.36. The van der Waals surface area contributed by atoms with Crippen molar-refractivity contribution < 1.29 is 15.0 Å². The molecule has 5 heteroatoms. The number of rotatable bonds is 1. The van der Waals surface area contributed by atoms with Gasteiger partial charge in [-0.1, -0.05) is 15.9 Å². The molecule has 0 bridgehead atoms. The minimum Gasteiger partial charge on any atom is -0.493 e. The van der Waals surface area contributed by atoms with E-state index in [4.69, 9.17) is 5.11 Å². The van der Waals surface area contributed by atoms with Gasteiger partial charge in [0.15, 0.2) is 0 Å². The summed E-state index contributed by atoms with van der Waals surface area (Å²) in [4.78, 5) is 14.8. The number of carboxylic acid groups (broad SMARTS) is 1. The van der Waals surface area contributed by atoms with Crippen LogP contribution in [0.1, 0.15) is 10.4 Å². The summed E-state index contributed by atoms with van der Waals surface area (Å²) in [5.74, 6) is -1.38. The third-order valence-electron chi connectivity index (χ3n) is 1.99. The van der Waals surface area contributed by atoms with E-state index in [2.05, 4.69) is 20.9 Å². The van der Waals surface area contributed by atoms with Crippen LogP contribution in [0.3, 0.4) is 0 Å². The van der Waals surface area contributed by atoms with Crippen LogP contribution in [0.5, 0.6) is 5.88 Å². The van der Waals surface area contributed by atoms with E-state index in [1.165, 1.54) is 0 Å². The second-order valence-electron chi connectivity index (χ2n) is 2.99. The summed E-state index contributed by atoms with van der Waals surface area (Å²) in [6.45, 7) is 0. The van der Waals surface area contributed by atoms with E-state index in [9.17, 15) is 9.90 Å². The number of aromatic carboxylic acids is 1. The molecule has 0 spiro atoms. The molecule has 1 aromatic heterocycles. The van der Waals surface area contributed by atoms with Crippen LogP contribution in [0.4, 0.5) is 0 Å². The topological polar surface area (TPSA) is 70.4 Å². The predicted molar refractivity (Wildman–Crippen MR) is 58.1 cm³/mol. The second-order valence-corrected chi connectivity index (χ2v) is 3.91. The Morgan fingerprint density at radius 3 is 2.73 bits per heavy atom. The quantitative estimate of drug-likeness (QED) is 0.833. The Balaban J connectivity index is 2.87. The minimum atomic E-state index is -1.09. The molecule has 0 radical (unpaired) electrons. The van der Waals surface area contributed by atoms with Gasteiger partial charge in [0.05, 0.1) is 11.1 Å². The minimum absolute atomic E-state index is 0.0406. The van der Waals surface area contributed by atoms with Crippen molar-refractivity contribution in [2.75, 3.05) is 0 Å². The molecule has 2 rings (SSSR count). The summed E-state index contributed by atoms with van der Waals surface area (Å²) in [6.07, 6.45) is 0. The zero-order chi connectivity index (χ0) is 11.0. The predicted octanol–water partition coefficient (Wildman–Crippen LogP) is 2.40. The number of benzene rings is 1. The van der Waals surface area contributed by atoms with Crippen LogP contribution in [0, 0.1) is 0 Å². The molecule has 15 heavy (non-hydrogen) atoms. The van der Waals surface area contributed by atoms with Crippen LogP contribution in [-0.4, -0.2) is 21.2 Å². The molecular formula is C10H6BrNO3. The molecule has 0 fully saturated rings. The van der Waals surface area contributed by atoms with Gasteiger partial charge in [-0.2, -0.15) is 0 Å². The van der Waals surface area contributed by atoms with Crippen LogP contribution >= 0.6 is 15.9 Å². The number of aromatic nitrogens is 1. The molecule has 0 aliphatic heterocycles. The first-order chi connectivity index (χ1) is 7.08. The van der Waals surface area contributed by atoms with Gasteiger partial charge in [-0.3, -0.25) is 0 Å². The maximum absolute atomic E-state index is 10.9. The van der Waals surface area contributed by atoms with Crippen LogP contribution in [0.25, 0.3) is 10.9 Å². The number of nitrogens with zero attached hydrogens (tertiary/aromatic N) is 1. The van der Waals surface area contributed by atoms with Gasteiger partial charge in [-0.05, 0) is 18.2 Å². The van der Waals surface area contributed by atoms with Gasteiger partial charge in [0.2, 0.25) is 5.88 Å². The van der Waals surface area contributed by atoms with Gasteiger partial charge >= 0.3 is 5.97 Å². The standard InChI is InChI=1S/C10H6BrNO3/c11-5-1-2-8-6(3-5)7(10(14)15)4-9(13)12-8/h1-4H,(H,12,13)(H,14,15). The summed E-state index contributed by atoms with van der Waals surface area (Å²) in [6, 6.07) is 6.17. The van der Waals surface area contributed by atoms with E-state index in [1.54, 1.807) is 18.2 Å². The second kappa shape index (κ2) is 3.51. The van der Waals surface area contributed by atoms with E-state index in [0.717, 1.165) is 10.5 Å². The van der Waals surface area contributed by atoms with E-state index in [1.807, 2.05) is 0 Å². The lowest BCUT2D eigenvalue weighted by molar-refractivity contribution is 0.0698. The number of carbonyl (C=O) groups is 1. The van der Waals surface area contributed by atoms with Gasteiger partial charge in [0.25, 0.3) is 0 Å². The van der Waals surface area contributed by atoms with E-state index in [-0.39, 0.29) is 11.4 Å². The van der Waals surface area contributed by atoms with Crippen LogP contribution in [-0.2, 0) is 0 Å². The molecule has 0 unspecified atom stereocenters. The average Bonchev–Trinajstić information content (AvgIpc) is 2.17. The summed E-state index contributed by atoms with van der Waals surface area (Å²) in [5, 5.41) is 18.7. The Labute approximate surface area is 93.3 Å². The third kappa shape index (κ3) is 1.78. The monoisotopic (exact) mass is 267 g/mol. The SMILES string of the molecule is O=C(O)c1cc(O)nc2ccc(Br)cc12. The zero-order valence-corrected chi connectivity index (χ0v) is 9.02. The maximum Gasteiger partial charge on any atom is 0.336 e. The zero-order valence-electron chi connectivity index (χ0n) is 7.44. The molecule has 76 valence electrons. The molecule has 0 atom stereocenters. The van der Waals surface area contributed by atoms with Crippen molar-refractivity contribution in [3.05, 3.63) is 34.3 Å². The molecule has 0 saturated heterocycles. The number of carboxylic acids is 1. The number of halogens is 1. The lowest BCUT2D eigenvalue weighted by atomic mass is 10.1. The maximum atomic E-state index is 10.9. The van der Waals surface area contributed by atoms with Crippen molar-refractivity contribution in [1.29, 1.82) is 0 Å². The molecule has 0 saturated carbocycles. The van der Waals surface area contributed by atoms with Gasteiger partial charge in [-0.25, -0.2) is 9.78 Å². The highest BCUT2D eigenvalue weighted by atomic mass is 79.9. The summed E-state index contributed by atoms with van der Waals surface area (Å²) < 4.78 is 0.769. The first-order valence-corrected chi connectivity index (χ1v) is 4.90. The fourth-order valence-corrected chi connectivity index (χ4v) is 1.72. The Morgan fingerprint density at radius 2 is 2.07 bits per heavy atom. The Hall–Kier alpha value is -1.62. The van der Waals surface area contributed by atoms with Gasteiger partial charge < -0.3 is 10.2 Å². The summed E-state index contributed by atoms with van der Waals surface area (Å²) >= 11 is 3.25. The lowest BCUT2D eigenvalue weighted by Crippen LogP contribution is -1.98. The molecule has 2 aromatic rings. The smallest absolute Gasteiger partial charge is 0.336 e. The Morgan fingerprint density at radius 1 is 1.33 bits per heavy atom. The van der Waals surface area contributed by atoms with E-state index >= 15 is 0 Å². The van der Waals surface area contributed by atoms with E-state index < -0.39 is 5.97 Å². The van der Waals surface area contributed by atoms with Crippen molar-refractivity contribution in [3.63, 3.8) is 0 Å². The summed E-state index contributed by atoms with van der Waals surface area (Å²) in [5.41, 5.74) is 0.495. The largest absolute Gasteiger partial charge is 0.493 e. The summed E-state index contributed by atoms with van der Waals surface area (Å²) in [7, 11) is 0. The lowest BCUT2D eigenvalue weighted by Gasteiger charge is -2.03. The van der Waals surface area contributed by atoms with Crippen LogP contribution in [0.15, 0.2) is 28.7 Å². The molecular weight excluding hydrogens is 262 g/mol. The molecule has 0 aliphatic rings. The Kier molecular flexibility index (Phi) is 2.32. The molecule has 4 nitrogen and oxygen atoms in total. The number of hydrogen-bond donors (Lipinski definition) is 2. The Bertz CT molecular complexity index is 554. The first kappa shape index (κ1) is 9.92. The van der Waals surface area contributed by atoms with Crippen LogP contribution in [0.2, 0.25) is 0 Å². The molecule has 2 N–H and O–H groups in total. The fraction of sp³-hybridized carbons (Fsp3) is 0. The van der Waals surface area contributed by atoms with Crippen LogP contribution < -0.4 is 0 Å². The number of aromatic hydroxyl groups is 1. The molecule has 1 heterocycles. The number of pyridine rings is 1. The van der Waals surface area contributed by atoms with Crippen molar-refractivity contribution in [2.24, 2.45) is 0 Å². The highest BCUT2D eigenvalue weighted by Crippen LogP contribution is 2.24. The van der Waals surface area contributed by atoms with Gasteiger partial charge in [-0.15, -0.1) is 0 Å². The normalized spacial score (nSPS) is 10.5. The number of hydrogen-bond acceptors (Lipinski definition) is 3. The highest BCUT2D eigenvalue weighted by molar-refractivity contribution is 9.10. The average molecular weight is 268 g/mol. The highest BCUT2D eigenvalue weighted by Gasteiger charge is 2.11. The van der Waals surface area contributed by atoms with Gasteiger partial charge in [0.1, 0.15) is 0 Å². The molecule has 0 aliphatic carbocycles. The van der Waals surface area contributed by atoms with Gasteiger partial charge in [0, 0.05) is 15.9 Å². The molecule has 0 amide bonds. The third-order valence-corrected chi connectivity index (χ3v) is 2.48. The van der Waals surface area contributed by atoms with Crippen molar-refractivity contribution >= 4 is 32.8 Å².